The van der Waals surface area contributed by atoms with Crippen LogP contribution >= 0.6 is 0 Å². The summed E-state index contributed by atoms with van der Waals surface area (Å²) in [6.45, 7) is 0. The van der Waals surface area contributed by atoms with Gasteiger partial charge in [-0.15, -0.1) is 0 Å². The summed E-state index contributed by atoms with van der Waals surface area (Å²) >= 11 is 0. The second kappa shape index (κ2) is 6.69. The number of nitrogens with one attached hydrogen (secondary N) is 1. The molecule has 122 valence electrons. The Bertz CT molecular complexity index is 975. The summed E-state index contributed by atoms with van der Waals surface area (Å²) in [4.78, 5) is 4.41. The van der Waals surface area contributed by atoms with Crippen molar-refractivity contribution in [1.82, 2.24) is 15.2 Å². The van der Waals surface area contributed by atoms with E-state index in [-0.39, 0.29) is 5.82 Å². The molecule has 0 amide bonds. The Morgan fingerprint density at radius 3 is 2.48 bits per heavy atom. The Kier molecular flexibility index (Phi) is 4.09. The number of pyridine rings is 1. The van der Waals surface area contributed by atoms with Crippen LogP contribution in [0.5, 0.6) is 0 Å². The highest BCUT2D eigenvalue weighted by Crippen LogP contribution is 2.27. The lowest BCUT2D eigenvalue weighted by atomic mass is 10.0. The van der Waals surface area contributed by atoms with Crippen LogP contribution in [0.25, 0.3) is 22.5 Å². The van der Waals surface area contributed by atoms with Crippen LogP contribution in [0.15, 0.2) is 79.1 Å². The average Bonchev–Trinajstić information content (AvgIpc) is 3.11. The van der Waals surface area contributed by atoms with Crippen molar-refractivity contribution in [1.29, 1.82) is 0 Å². The van der Waals surface area contributed by atoms with Gasteiger partial charge in [-0.05, 0) is 42.0 Å². The van der Waals surface area contributed by atoms with Gasteiger partial charge in [-0.1, -0.05) is 30.3 Å². The summed E-state index contributed by atoms with van der Waals surface area (Å²) in [5.74, 6) is -0.251. The summed E-state index contributed by atoms with van der Waals surface area (Å²) in [5.41, 5.74) is 6.04. The van der Waals surface area contributed by atoms with Gasteiger partial charge in [-0.2, -0.15) is 5.10 Å². The maximum atomic E-state index is 13.1. The van der Waals surface area contributed by atoms with E-state index in [2.05, 4.69) is 27.3 Å². The Labute approximate surface area is 145 Å². The first-order valence-corrected chi connectivity index (χ1v) is 8.08. The van der Waals surface area contributed by atoms with E-state index in [1.54, 1.807) is 18.3 Å². The minimum absolute atomic E-state index is 0.251. The number of rotatable bonds is 4. The third kappa shape index (κ3) is 3.33. The molecular weight excluding hydrogens is 313 g/mol. The molecule has 0 bridgehead atoms. The summed E-state index contributed by atoms with van der Waals surface area (Å²) < 4.78 is 13.1. The summed E-state index contributed by atoms with van der Waals surface area (Å²) in [7, 11) is 0. The zero-order chi connectivity index (χ0) is 17.1. The Morgan fingerprint density at radius 2 is 1.68 bits per heavy atom. The largest absolute Gasteiger partial charge is 0.278 e. The molecule has 3 nitrogen and oxygen atoms in total. The summed E-state index contributed by atoms with van der Waals surface area (Å²) in [6.07, 6.45) is 4.43. The maximum absolute atomic E-state index is 13.1. The average molecular weight is 329 g/mol. The quantitative estimate of drug-likeness (QED) is 0.580. The summed E-state index contributed by atoms with van der Waals surface area (Å²) in [6, 6.07) is 20.6. The molecule has 0 radical (unpaired) electrons. The number of halogens is 1. The molecule has 4 rings (SSSR count). The van der Waals surface area contributed by atoms with Crippen molar-refractivity contribution < 1.29 is 4.39 Å². The first-order chi connectivity index (χ1) is 12.3. The molecule has 2 aromatic carbocycles. The minimum Gasteiger partial charge on any atom is -0.278 e. The van der Waals surface area contributed by atoms with Crippen molar-refractivity contribution in [3.63, 3.8) is 0 Å². The highest BCUT2D eigenvalue weighted by molar-refractivity contribution is 5.70. The molecular formula is C21H16FN3. The fraction of sp³-hybridized carbons (Fsp3) is 0.0476. The van der Waals surface area contributed by atoms with Gasteiger partial charge in [0.05, 0.1) is 17.6 Å². The van der Waals surface area contributed by atoms with Crippen LogP contribution in [-0.4, -0.2) is 15.2 Å². The van der Waals surface area contributed by atoms with Gasteiger partial charge in [0.15, 0.2) is 0 Å². The second-order valence-electron chi connectivity index (χ2n) is 5.87. The van der Waals surface area contributed by atoms with E-state index in [4.69, 9.17) is 0 Å². The lowest BCUT2D eigenvalue weighted by Gasteiger charge is -2.06. The molecule has 1 N–H and O–H groups in total. The molecule has 2 aromatic heterocycles. The number of benzene rings is 2. The molecule has 2 heterocycles. The van der Waals surface area contributed by atoms with E-state index in [9.17, 15) is 4.39 Å². The lowest BCUT2D eigenvalue weighted by molar-refractivity contribution is 0.628. The molecule has 0 unspecified atom stereocenters. The third-order valence-corrected chi connectivity index (χ3v) is 4.14. The minimum atomic E-state index is -0.251. The van der Waals surface area contributed by atoms with Gasteiger partial charge in [0.1, 0.15) is 5.82 Å². The number of hydrogen-bond acceptors (Lipinski definition) is 2. The number of aromatic nitrogens is 3. The predicted molar refractivity (Wildman–Crippen MR) is 96.5 cm³/mol. The first-order valence-electron chi connectivity index (χ1n) is 8.08. The van der Waals surface area contributed by atoms with Crippen LogP contribution in [0, 0.1) is 5.82 Å². The van der Waals surface area contributed by atoms with Gasteiger partial charge >= 0.3 is 0 Å². The van der Waals surface area contributed by atoms with Gasteiger partial charge in [0.2, 0.25) is 0 Å². The lowest BCUT2D eigenvalue weighted by Crippen LogP contribution is -1.91. The monoisotopic (exact) mass is 329 g/mol. The third-order valence-electron chi connectivity index (χ3n) is 4.14. The highest BCUT2D eigenvalue weighted by Gasteiger charge is 2.10. The first kappa shape index (κ1) is 15.3. The number of nitrogens with zero attached hydrogens (tertiary/aromatic N) is 2. The molecule has 4 aromatic rings. The van der Waals surface area contributed by atoms with E-state index in [0.717, 1.165) is 34.5 Å². The number of H-pyrrole nitrogens is 1. The normalized spacial score (nSPS) is 10.8. The molecule has 0 spiro atoms. The van der Waals surface area contributed by atoms with Gasteiger partial charge in [0, 0.05) is 29.3 Å². The van der Waals surface area contributed by atoms with Crippen LogP contribution in [0.3, 0.4) is 0 Å². The van der Waals surface area contributed by atoms with Gasteiger partial charge in [-0.25, -0.2) is 4.39 Å². The Hall–Kier alpha value is -3.27. The van der Waals surface area contributed by atoms with Crippen LogP contribution in [0.4, 0.5) is 4.39 Å². The van der Waals surface area contributed by atoms with Crippen LogP contribution in [0.1, 0.15) is 11.1 Å². The van der Waals surface area contributed by atoms with E-state index < -0.39 is 0 Å². The molecule has 0 aliphatic rings. The SMILES string of the molecule is Fc1ccc(-c2cc(-c3[nH]ncc3Cc3ccccc3)ccn2)cc1. The highest BCUT2D eigenvalue weighted by atomic mass is 19.1. The standard InChI is InChI=1S/C21H16FN3/c22-19-8-6-16(7-9-19)20-13-17(10-11-23-20)21-18(14-24-25-21)12-15-4-2-1-3-5-15/h1-11,13-14H,12H2,(H,24,25). The molecule has 0 aliphatic carbocycles. The Balaban J connectivity index is 1.68. The summed E-state index contributed by atoms with van der Waals surface area (Å²) in [5, 5.41) is 7.31. The fourth-order valence-electron chi connectivity index (χ4n) is 2.88. The van der Waals surface area contributed by atoms with Crippen molar-refractivity contribution in [2.45, 2.75) is 6.42 Å². The predicted octanol–water partition coefficient (Wildman–Crippen LogP) is 4.87. The van der Waals surface area contributed by atoms with E-state index in [1.165, 1.54) is 17.7 Å². The number of aromatic amines is 1. The van der Waals surface area contributed by atoms with Crippen molar-refractivity contribution in [2.75, 3.05) is 0 Å². The molecule has 0 saturated carbocycles. The molecule has 4 heteroatoms. The van der Waals surface area contributed by atoms with E-state index in [0.29, 0.717) is 0 Å². The van der Waals surface area contributed by atoms with Crippen molar-refractivity contribution in [2.24, 2.45) is 0 Å². The molecule has 25 heavy (non-hydrogen) atoms. The van der Waals surface area contributed by atoms with E-state index in [1.807, 2.05) is 36.5 Å². The Morgan fingerprint density at radius 1 is 0.880 bits per heavy atom. The van der Waals surface area contributed by atoms with Crippen molar-refractivity contribution in [3.05, 3.63) is 96.1 Å². The van der Waals surface area contributed by atoms with Gasteiger partial charge in [-0.3, -0.25) is 10.1 Å². The van der Waals surface area contributed by atoms with Crippen molar-refractivity contribution >= 4 is 0 Å². The van der Waals surface area contributed by atoms with E-state index >= 15 is 0 Å². The molecule has 0 fully saturated rings. The second-order valence-corrected chi connectivity index (χ2v) is 5.87. The fourth-order valence-corrected chi connectivity index (χ4v) is 2.88. The molecule has 0 atom stereocenters. The van der Waals surface area contributed by atoms with Crippen molar-refractivity contribution in [3.8, 4) is 22.5 Å². The van der Waals surface area contributed by atoms with Gasteiger partial charge < -0.3 is 0 Å². The van der Waals surface area contributed by atoms with Crippen LogP contribution in [-0.2, 0) is 6.42 Å². The zero-order valence-electron chi connectivity index (χ0n) is 13.5. The molecule has 0 saturated heterocycles. The smallest absolute Gasteiger partial charge is 0.123 e. The van der Waals surface area contributed by atoms with Crippen LogP contribution < -0.4 is 0 Å². The van der Waals surface area contributed by atoms with Crippen LogP contribution in [0.2, 0.25) is 0 Å². The zero-order valence-corrected chi connectivity index (χ0v) is 13.5. The maximum Gasteiger partial charge on any atom is 0.123 e. The van der Waals surface area contributed by atoms with Gasteiger partial charge in [0.25, 0.3) is 0 Å². The molecule has 0 aliphatic heterocycles. The number of hydrogen-bond donors (Lipinski definition) is 1. The topological polar surface area (TPSA) is 41.6 Å².